The smallest absolute Gasteiger partial charge is 0.220 e. The highest BCUT2D eigenvalue weighted by atomic mass is 16.4. The van der Waals surface area contributed by atoms with Gasteiger partial charge in [0, 0.05) is 18.4 Å². The van der Waals surface area contributed by atoms with Crippen LogP contribution in [0.25, 0.3) is 0 Å². The van der Waals surface area contributed by atoms with Gasteiger partial charge in [-0.1, -0.05) is 26.2 Å². The van der Waals surface area contributed by atoms with E-state index in [2.05, 4.69) is 12.2 Å². The van der Waals surface area contributed by atoms with Crippen LogP contribution in [0, 0.1) is 0 Å². The van der Waals surface area contributed by atoms with Crippen LogP contribution in [0.1, 0.15) is 58.8 Å². The van der Waals surface area contributed by atoms with Crippen molar-refractivity contribution in [3.8, 4) is 0 Å². The minimum absolute atomic E-state index is 0.0440. The average Bonchev–Trinajstić information content (AvgIpc) is 2.17. The molecule has 1 atom stereocenters. The lowest BCUT2D eigenvalue weighted by molar-refractivity contribution is -0.305. The Hall–Kier alpha value is -1.06. The van der Waals surface area contributed by atoms with E-state index in [1.165, 1.54) is 12.8 Å². The molecule has 0 spiro atoms. The fourth-order valence-corrected chi connectivity index (χ4v) is 1.51. The van der Waals surface area contributed by atoms with Crippen LogP contribution in [0.4, 0.5) is 0 Å². The van der Waals surface area contributed by atoms with Gasteiger partial charge in [-0.2, -0.15) is 0 Å². The summed E-state index contributed by atoms with van der Waals surface area (Å²) >= 11 is 0. The van der Waals surface area contributed by atoms with E-state index in [-0.39, 0.29) is 24.8 Å². The first kappa shape index (κ1) is 14.9. The van der Waals surface area contributed by atoms with Crippen molar-refractivity contribution in [3.63, 3.8) is 0 Å². The summed E-state index contributed by atoms with van der Waals surface area (Å²) < 4.78 is 0. The summed E-state index contributed by atoms with van der Waals surface area (Å²) in [6.45, 7) is 4.12. The molecule has 4 nitrogen and oxygen atoms in total. The normalized spacial score (nSPS) is 12.1. The van der Waals surface area contributed by atoms with Crippen molar-refractivity contribution in [1.82, 2.24) is 5.32 Å². The Morgan fingerprint density at radius 2 is 1.88 bits per heavy atom. The molecular weight excluding hydrogens is 206 g/mol. The van der Waals surface area contributed by atoms with Gasteiger partial charge in [-0.3, -0.25) is 4.79 Å². The molecule has 94 valence electrons. The topological polar surface area (TPSA) is 69.2 Å². The van der Waals surface area contributed by atoms with E-state index in [1.807, 2.05) is 6.92 Å². The summed E-state index contributed by atoms with van der Waals surface area (Å²) in [5.74, 6) is -1.16. The third-order valence-electron chi connectivity index (χ3n) is 2.43. The first-order valence-electron chi connectivity index (χ1n) is 6.05. The monoisotopic (exact) mass is 228 g/mol. The van der Waals surface area contributed by atoms with Gasteiger partial charge in [0.15, 0.2) is 0 Å². The van der Waals surface area contributed by atoms with E-state index in [9.17, 15) is 14.7 Å². The molecule has 0 unspecified atom stereocenters. The predicted molar refractivity (Wildman–Crippen MR) is 60.6 cm³/mol. The van der Waals surface area contributed by atoms with Crippen LogP contribution in [0.3, 0.4) is 0 Å². The molecule has 0 rings (SSSR count). The number of rotatable bonds is 9. The summed E-state index contributed by atoms with van der Waals surface area (Å²) in [4.78, 5) is 21.5. The molecule has 1 N–H and O–H groups in total. The summed E-state index contributed by atoms with van der Waals surface area (Å²) in [5.41, 5.74) is 0. The van der Waals surface area contributed by atoms with Crippen LogP contribution in [-0.2, 0) is 9.59 Å². The average molecular weight is 228 g/mol. The number of aliphatic carboxylic acids is 1. The maximum absolute atomic E-state index is 11.3. The molecule has 0 saturated heterocycles. The van der Waals surface area contributed by atoms with Gasteiger partial charge >= 0.3 is 0 Å². The van der Waals surface area contributed by atoms with E-state index < -0.39 is 5.97 Å². The summed E-state index contributed by atoms with van der Waals surface area (Å²) in [5, 5.41) is 13.0. The van der Waals surface area contributed by atoms with E-state index in [0.29, 0.717) is 6.42 Å². The Balaban J connectivity index is 3.50. The zero-order valence-electron chi connectivity index (χ0n) is 10.3. The molecule has 0 bridgehead atoms. The van der Waals surface area contributed by atoms with E-state index in [4.69, 9.17) is 0 Å². The number of carboxylic acids is 1. The summed E-state index contributed by atoms with van der Waals surface area (Å²) in [6.07, 6.45) is 5.05. The van der Waals surface area contributed by atoms with E-state index in [0.717, 1.165) is 12.8 Å². The van der Waals surface area contributed by atoms with Crippen LogP contribution in [0.2, 0.25) is 0 Å². The number of nitrogens with one attached hydrogen (secondary N) is 1. The van der Waals surface area contributed by atoms with E-state index >= 15 is 0 Å². The first-order valence-corrected chi connectivity index (χ1v) is 6.05. The lowest BCUT2D eigenvalue weighted by Crippen LogP contribution is -2.32. The molecule has 0 heterocycles. The van der Waals surface area contributed by atoms with Crippen LogP contribution >= 0.6 is 0 Å². The van der Waals surface area contributed by atoms with Crippen molar-refractivity contribution in [3.05, 3.63) is 0 Å². The van der Waals surface area contributed by atoms with Crippen LogP contribution in [0.5, 0.6) is 0 Å². The van der Waals surface area contributed by atoms with Crippen molar-refractivity contribution in [2.75, 3.05) is 0 Å². The van der Waals surface area contributed by atoms with Gasteiger partial charge in [0.05, 0.1) is 0 Å². The van der Waals surface area contributed by atoms with Gasteiger partial charge < -0.3 is 15.2 Å². The van der Waals surface area contributed by atoms with Gasteiger partial charge in [0.25, 0.3) is 0 Å². The maximum Gasteiger partial charge on any atom is 0.220 e. The van der Waals surface area contributed by atoms with Crippen molar-refractivity contribution in [1.29, 1.82) is 0 Å². The second kappa shape index (κ2) is 9.19. The Labute approximate surface area is 97.4 Å². The third kappa shape index (κ3) is 9.49. The van der Waals surface area contributed by atoms with Crippen LogP contribution < -0.4 is 10.4 Å². The molecule has 16 heavy (non-hydrogen) atoms. The Bertz CT molecular complexity index is 216. The quantitative estimate of drug-likeness (QED) is 0.598. The minimum Gasteiger partial charge on any atom is -0.550 e. The van der Waals surface area contributed by atoms with Crippen molar-refractivity contribution in [2.45, 2.75) is 64.8 Å². The molecule has 0 aromatic rings. The molecule has 0 saturated carbocycles. The summed E-state index contributed by atoms with van der Waals surface area (Å²) in [6, 6.07) is 0.182. The van der Waals surface area contributed by atoms with Crippen molar-refractivity contribution >= 4 is 11.9 Å². The molecule has 0 aliphatic heterocycles. The van der Waals surface area contributed by atoms with Gasteiger partial charge in [0.2, 0.25) is 5.91 Å². The SMILES string of the molecule is CCCCC[C@H](C)NC(=O)CCCC(=O)[O-]. The third-order valence-corrected chi connectivity index (χ3v) is 2.43. The molecule has 0 aliphatic rings. The Morgan fingerprint density at radius 1 is 1.19 bits per heavy atom. The zero-order valence-corrected chi connectivity index (χ0v) is 10.3. The number of carboxylic acid groups (broad SMARTS) is 1. The number of carbonyl (C=O) groups excluding carboxylic acids is 2. The van der Waals surface area contributed by atoms with Gasteiger partial charge in [-0.15, -0.1) is 0 Å². The Morgan fingerprint density at radius 3 is 2.44 bits per heavy atom. The second-order valence-corrected chi connectivity index (χ2v) is 4.19. The van der Waals surface area contributed by atoms with Crippen molar-refractivity contribution < 1.29 is 14.7 Å². The molecular formula is C12H22NO3-. The maximum atomic E-state index is 11.3. The number of hydrogen-bond acceptors (Lipinski definition) is 3. The highest BCUT2D eigenvalue weighted by molar-refractivity contribution is 5.76. The predicted octanol–water partition coefficient (Wildman–Crippen LogP) is 0.992. The highest BCUT2D eigenvalue weighted by Crippen LogP contribution is 2.03. The molecule has 0 radical (unpaired) electrons. The second-order valence-electron chi connectivity index (χ2n) is 4.19. The molecule has 0 aromatic heterocycles. The molecule has 4 heteroatoms. The van der Waals surface area contributed by atoms with Crippen LogP contribution in [0.15, 0.2) is 0 Å². The number of amides is 1. The van der Waals surface area contributed by atoms with Gasteiger partial charge in [0.1, 0.15) is 0 Å². The standard InChI is InChI=1S/C12H23NO3/c1-3-4-5-7-10(2)13-11(14)8-6-9-12(15)16/h10H,3-9H2,1-2H3,(H,13,14)(H,15,16)/p-1/t10-/m0/s1. The highest BCUT2D eigenvalue weighted by Gasteiger charge is 2.06. The molecule has 1 amide bonds. The summed E-state index contributed by atoms with van der Waals surface area (Å²) in [7, 11) is 0. The number of carbonyl (C=O) groups is 2. The number of unbranched alkanes of at least 4 members (excludes halogenated alkanes) is 2. The largest absolute Gasteiger partial charge is 0.550 e. The minimum atomic E-state index is -1.09. The molecule has 0 aliphatic carbocycles. The van der Waals surface area contributed by atoms with Crippen molar-refractivity contribution in [2.24, 2.45) is 0 Å². The fourth-order valence-electron chi connectivity index (χ4n) is 1.51. The van der Waals surface area contributed by atoms with Crippen LogP contribution in [-0.4, -0.2) is 17.9 Å². The molecule has 0 fully saturated rings. The lowest BCUT2D eigenvalue weighted by atomic mass is 10.1. The van der Waals surface area contributed by atoms with Gasteiger partial charge in [-0.05, 0) is 26.2 Å². The first-order chi connectivity index (χ1) is 7.56. The van der Waals surface area contributed by atoms with E-state index in [1.54, 1.807) is 0 Å². The van der Waals surface area contributed by atoms with Gasteiger partial charge in [-0.25, -0.2) is 0 Å². The number of hydrogen-bond donors (Lipinski definition) is 1. The Kier molecular flexibility index (Phi) is 8.58. The lowest BCUT2D eigenvalue weighted by Gasteiger charge is -2.13. The fraction of sp³-hybridized carbons (Fsp3) is 0.833. The molecule has 0 aromatic carbocycles. The zero-order chi connectivity index (χ0) is 12.4.